The SMILES string of the molecule is O=C(NC1CCCCC1)c1cnn(-c2ccc(Br)cc2)c1CC1CC1. The molecule has 1 N–H and O–H groups in total. The molecule has 25 heavy (non-hydrogen) atoms. The lowest BCUT2D eigenvalue weighted by atomic mass is 9.95. The molecule has 0 spiro atoms. The van der Waals surface area contributed by atoms with Crippen molar-refractivity contribution in [2.75, 3.05) is 0 Å². The van der Waals surface area contributed by atoms with E-state index in [1.807, 2.05) is 28.9 Å². The lowest BCUT2D eigenvalue weighted by molar-refractivity contribution is 0.0926. The standard InChI is InChI=1S/C20H24BrN3O/c21-15-8-10-17(11-9-15)24-19(12-14-6-7-14)18(13-22-24)20(25)23-16-4-2-1-3-5-16/h8-11,13-14,16H,1-7,12H2,(H,23,25). The highest BCUT2D eigenvalue weighted by atomic mass is 79.9. The predicted octanol–water partition coefficient (Wildman–Crippen LogP) is 4.65. The number of amides is 1. The third kappa shape index (κ3) is 3.97. The van der Waals surface area contributed by atoms with E-state index in [4.69, 9.17) is 0 Å². The molecule has 0 aliphatic heterocycles. The van der Waals surface area contributed by atoms with Crippen LogP contribution < -0.4 is 5.32 Å². The topological polar surface area (TPSA) is 46.9 Å². The Morgan fingerprint density at radius 3 is 2.52 bits per heavy atom. The smallest absolute Gasteiger partial charge is 0.254 e. The zero-order valence-electron chi connectivity index (χ0n) is 14.4. The molecule has 4 rings (SSSR count). The van der Waals surface area contributed by atoms with E-state index in [1.54, 1.807) is 6.20 Å². The van der Waals surface area contributed by atoms with Crippen LogP contribution in [0.2, 0.25) is 0 Å². The molecule has 1 amide bonds. The van der Waals surface area contributed by atoms with Crippen LogP contribution in [0, 0.1) is 5.92 Å². The number of nitrogens with zero attached hydrogens (tertiary/aromatic N) is 2. The molecule has 132 valence electrons. The van der Waals surface area contributed by atoms with E-state index in [-0.39, 0.29) is 5.91 Å². The predicted molar refractivity (Wildman–Crippen MR) is 102 cm³/mol. The summed E-state index contributed by atoms with van der Waals surface area (Å²) in [6.07, 6.45) is 11.1. The number of carbonyl (C=O) groups is 1. The number of hydrogen-bond acceptors (Lipinski definition) is 2. The van der Waals surface area contributed by atoms with Crippen molar-refractivity contribution in [2.24, 2.45) is 5.92 Å². The average Bonchev–Trinajstić information content (AvgIpc) is 3.34. The largest absolute Gasteiger partial charge is 0.349 e. The van der Waals surface area contributed by atoms with Gasteiger partial charge in [-0.2, -0.15) is 5.10 Å². The lowest BCUT2D eigenvalue weighted by Crippen LogP contribution is -2.36. The Kier molecular flexibility index (Phi) is 4.93. The fraction of sp³-hybridized carbons (Fsp3) is 0.500. The molecule has 2 fully saturated rings. The summed E-state index contributed by atoms with van der Waals surface area (Å²) < 4.78 is 2.99. The van der Waals surface area contributed by atoms with Crippen LogP contribution in [0.25, 0.3) is 5.69 Å². The maximum absolute atomic E-state index is 12.9. The van der Waals surface area contributed by atoms with E-state index in [2.05, 4.69) is 26.3 Å². The van der Waals surface area contributed by atoms with E-state index in [1.165, 1.54) is 32.1 Å². The molecule has 4 nitrogen and oxygen atoms in total. The molecular weight excluding hydrogens is 378 g/mol. The van der Waals surface area contributed by atoms with Crippen molar-refractivity contribution >= 4 is 21.8 Å². The number of aromatic nitrogens is 2. The van der Waals surface area contributed by atoms with Gasteiger partial charge in [-0.3, -0.25) is 4.79 Å². The summed E-state index contributed by atoms with van der Waals surface area (Å²) in [5.41, 5.74) is 2.81. The van der Waals surface area contributed by atoms with Crippen molar-refractivity contribution in [3.8, 4) is 5.69 Å². The Morgan fingerprint density at radius 2 is 1.84 bits per heavy atom. The summed E-state index contributed by atoms with van der Waals surface area (Å²) in [7, 11) is 0. The van der Waals surface area contributed by atoms with Gasteiger partial charge in [-0.05, 0) is 62.3 Å². The number of nitrogens with one attached hydrogen (secondary N) is 1. The quantitative estimate of drug-likeness (QED) is 0.792. The average molecular weight is 402 g/mol. The van der Waals surface area contributed by atoms with Gasteiger partial charge in [0.1, 0.15) is 0 Å². The van der Waals surface area contributed by atoms with Gasteiger partial charge < -0.3 is 5.32 Å². The third-order valence-electron chi connectivity index (χ3n) is 5.30. The van der Waals surface area contributed by atoms with Gasteiger partial charge in [-0.25, -0.2) is 4.68 Å². The van der Waals surface area contributed by atoms with Crippen molar-refractivity contribution < 1.29 is 4.79 Å². The van der Waals surface area contributed by atoms with Crippen LogP contribution in [0.5, 0.6) is 0 Å². The number of hydrogen-bond donors (Lipinski definition) is 1. The number of rotatable bonds is 5. The van der Waals surface area contributed by atoms with Crippen molar-refractivity contribution in [3.63, 3.8) is 0 Å². The molecule has 0 atom stereocenters. The number of halogens is 1. The van der Waals surface area contributed by atoms with E-state index in [0.29, 0.717) is 12.0 Å². The first-order valence-electron chi connectivity index (χ1n) is 9.34. The normalized spacial score (nSPS) is 18.3. The van der Waals surface area contributed by atoms with Crippen LogP contribution in [0.4, 0.5) is 0 Å². The van der Waals surface area contributed by atoms with E-state index < -0.39 is 0 Å². The monoisotopic (exact) mass is 401 g/mol. The molecule has 2 aliphatic carbocycles. The highest BCUT2D eigenvalue weighted by Gasteiger charge is 2.28. The fourth-order valence-electron chi connectivity index (χ4n) is 3.67. The van der Waals surface area contributed by atoms with E-state index >= 15 is 0 Å². The van der Waals surface area contributed by atoms with Crippen LogP contribution in [0.1, 0.15) is 61.0 Å². The first kappa shape index (κ1) is 16.8. The van der Waals surface area contributed by atoms with Gasteiger partial charge in [0.05, 0.1) is 23.1 Å². The van der Waals surface area contributed by atoms with Gasteiger partial charge in [0.2, 0.25) is 0 Å². The highest BCUT2D eigenvalue weighted by molar-refractivity contribution is 9.10. The molecule has 2 aromatic rings. The zero-order valence-corrected chi connectivity index (χ0v) is 16.0. The molecule has 0 radical (unpaired) electrons. The Bertz CT molecular complexity index is 743. The Labute approximate surface area is 157 Å². The summed E-state index contributed by atoms with van der Waals surface area (Å²) >= 11 is 3.48. The molecule has 0 unspecified atom stereocenters. The van der Waals surface area contributed by atoms with Gasteiger partial charge in [-0.15, -0.1) is 0 Å². The van der Waals surface area contributed by atoms with Gasteiger partial charge in [-0.1, -0.05) is 35.2 Å². The minimum atomic E-state index is 0.0471. The minimum absolute atomic E-state index is 0.0471. The van der Waals surface area contributed by atoms with Gasteiger partial charge in [0.15, 0.2) is 0 Å². The molecule has 2 saturated carbocycles. The molecule has 2 aliphatic rings. The number of carbonyl (C=O) groups excluding carboxylic acids is 1. The first-order chi connectivity index (χ1) is 12.2. The van der Waals surface area contributed by atoms with Crippen molar-refractivity contribution in [1.29, 1.82) is 0 Å². The summed E-state index contributed by atoms with van der Waals surface area (Å²) in [4.78, 5) is 12.9. The second-order valence-electron chi connectivity index (χ2n) is 7.35. The number of benzene rings is 1. The third-order valence-corrected chi connectivity index (χ3v) is 5.83. The van der Waals surface area contributed by atoms with Crippen LogP contribution in [0.15, 0.2) is 34.9 Å². The molecule has 5 heteroatoms. The summed E-state index contributed by atoms with van der Waals surface area (Å²) in [6.45, 7) is 0. The highest BCUT2D eigenvalue weighted by Crippen LogP contribution is 2.34. The molecule has 1 heterocycles. The van der Waals surface area contributed by atoms with Gasteiger partial charge in [0.25, 0.3) is 5.91 Å². The van der Waals surface area contributed by atoms with Crippen molar-refractivity contribution in [1.82, 2.24) is 15.1 Å². The van der Waals surface area contributed by atoms with E-state index in [0.717, 1.165) is 40.7 Å². The maximum Gasteiger partial charge on any atom is 0.254 e. The molecule has 1 aromatic carbocycles. The van der Waals surface area contributed by atoms with Crippen LogP contribution in [0.3, 0.4) is 0 Å². The Hall–Kier alpha value is -1.62. The molecule has 0 bridgehead atoms. The maximum atomic E-state index is 12.9. The minimum Gasteiger partial charge on any atom is -0.349 e. The van der Waals surface area contributed by atoms with Gasteiger partial charge >= 0.3 is 0 Å². The molecule has 1 aromatic heterocycles. The van der Waals surface area contributed by atoms with E-state index in [9.17, 15) is 4.79 Å². The first-order valence-corrected chi connectivity index (χ1v) is 10.1. The summed E-state index contributed by atoms with van der Waals surface area (Å²) in [5, 5.41) is 7.79. The lowest BCUT2D eigenvalue weighted by Gasteiger charge is -2.22. The second-order valence-corrected chi connectivity index (χ2v) is 8.26. The van der Waals surface area contributed by atoms with Gasteiger partial charge in [0, 0.05) is 10.5 Å². The summed E-state index contributed by atoms with van der Waals surface area (Å²) in [6, 6.07) is 8.43. The Morgan fingerprint density at radius 1 is 1.12 bits per heavy atom. The molecule has 0 saturated heterocycles. The summed E-state index contributed by atoms with van der Waals surface area (Å²) in [5.74, 6) is 0.748. The van der Waals surface area contributed by atoms with Crippen molar-refractivity contribution in [3.05, 3.63) is 46.2 Å². The van der Waals surface area contributed by atoms with Crippen LogP contribution in [-0.4, -0.2) is 21.7 Å². The Balaban J connectivity index is 1.60. The van der Waals surface area contributed by atoms with Crippen molar-refractivity contribution in [2.45, 2.75) is 57.4 Å². The van der Waals surface area contributed by atoms with Crippen LogP contribution in [-0.2, 0) is 6.42 Å². The second kappa shape index (κ2) is 7.32. The fourth-order valence-corrected chi connectivity index (χ4v) is 3.93. The van der Waals surface area contributed by atoms with Crippen LogP contribution >= 0.6 is 15.9 Å². The molecular formula is C20H24BrN3O. The zero-order chi connectivity index (χ0) is 17.2.